The highest BCUT2D eigenvalue weighted by Crippen LogP contribution is 3.34. The van der Waals surface area contributed by atoms with Crippen molar-refractivity contribution in [3.63, 3.8) is 0 Å². The molecule has 24 aliphatic carbocycles. The molecule has 37 unspecified atom stereocenters. The highest BCUT2D eigenvalue weighted by molar-refractivity contribution is 5.77. The monoisotopic (exact) mass is 584 g/mol. The first kappa shape index (κ1) is 18.8. The normalized spacial score (nSPS) is 115. The third-order valence-corrected chi connectivity index (χ3v) is 33.6. The predicted molar refractivity (Wildman–Crippen MR) is 157 cm³/mol. The molecule has 24 rings (SSSR count). The van der Waals surface area contributed by atoms with E-state index in [-0.39, 0.29) is 0 Å². The van der Waals surface area contributed by atoms with Gasteiger partial charge >= 0.3 is 0 Å². The quantitative estimate of drug-likeness (QED) is 0.302. The molecule has 0 bridgehead atoms. The van der Waals surface area contributed by atoms with Crippen LogP contribution in [0.2, 0.25) is 0 Å². The van der Waals surface area contributed by atoms with Crippen LogP contribution in [-0.4, -0.2) is 0 Å². The molecule has 0 aromatic rings. The van der Waals surface area contributed by atoms with Gasteiger partial charge in [0.25, 0.3) is 0 Å². The van der Waals surface area contributed by atoms with Crippen LogP contribution >= 0.6 is 0 Å². The van der Waals surface area contributed by atoms with Gasteiger partial charge in [-0.05, 0) is 238 Å². The van der Waals surface area contributed by atoms with Gasteiger partial charge in [0, 0.05) is 0 Å². The average molecular weight is 585 g/mol. The zero-order valence-electron chi connectivity index (χ0n) is 27.2. The van der Waals surface area contributed by atoms with E-state index in [9.17, 15) is 0 Å². The van der Waals surface area contributed by atoms with Gasteiger partial charge in [0.05, 0.1) is 0 Å². The van der Waals surface area contributed by atoms with Gasteiger partial charge in [-0.2, -0.15) is 0 Å². The molecule has 0 aromatic heterocycles. The lowest BCUT2D eigenvalue weighted by Gasteiger charge is -3.16. The number of fused-ring (bicyclic) bond motifs is 20. The summed E-state index contributed by atoms with van der Waals surface area (Å²) in [7, 11) is 0. The Kier molecular flexibility index (Phi) is 1.44. The number of hydrogen-bond acceptors (Lipinski definition) is 0. The maximum atomic E-state index is 3.16. The second-order valence-corrected chi connectivity index (χ2v) is 27.0. The van der Waals surface area contributed by atoms with E-state index in [4.69, 9.17) is 0 Å². The average Bonchev–Trinajstić information content (AvgIpc) is 3.33. The molecule has 0 radical (unpaired) electrons. The minimum atomic E-state index is 0.864. The molecule has 0 heteroatoms. The Morgan fingerprint density at radius 2 is 0.556 bits per heavy atom. The Morgan fingerprint density at radius 1 is 0.267 bits per heavy atom. The van der Waals surface area contributed by atoms with Gasteiger partial charge in [-0.15, -0.1) is 0 Å². The minimum absolute atomic E-state index is 0.864. The maximum Gasteiger partial charge on any atom is -0.00989 e. The second-order valence-electron chi connectivity index (χ2n) is 27.0. The van der Waals surface area contributed by atoms with Gasteiger partial charge in [0.1, 0.15) is 0 Å². The minimum Gasteiger partial charge on any atom is -0.0582 e. The fraction of sp³-hybridized carbons (Fsp3) is 1.00. The van der Waals surface area contributed by atoms with Gasteiger partial charge in [0.15, 0.2) is 0 Å². The Hall–Kier alpha value is 0. The second kappa shape index (κ2) is 3.43. The van der Waals surface area contributed by atoms with E-state index in [0.717, 1.165) is 70.4 Å². The highest BCUT2D eigenvalue weighted by atomic mass is 15.3. The van der Waals surface area contributed by atoms with Crippen LogP contribution in [0.3, 0.4) is 0 Å². The lowest BCUT2D eigenvalue weighted by Crippen LogP contribution is -3.14. The summed E-state index contributed by atoms with van der Waals surface area (Å²) in [5.74, 6) is 30.8. The third kappa shape index (κ3) is 0.641. The summed E-state index contributed by atoms with van der Waals surface area (Å²) in [5.41, 5.74) is 12.1. The van der Waals surface area contributed by atoms with Crippen molar-refractivity contribution in [2.45, 2.75) is 53.4 Å². The van der Waals surface area contributed by atoms with Crippen LogP contribution in [-0.2, 0) is 0 Å². The first-order chi connectivity index (χ1) is 21.9. The van der Waals surface area contributed by atoms with Crippen molar-refractivity contribution in [1.29, 1.82) is 0 Å². The van der Waals surface area contributed by atoms with Crippen LogP contribution in [0.4, 0.5) is 0 Å². The first-order valence-electron chi connectivity index (χ1n) is 21.9. The fourth-order valence-corrected chi connectivity index (χ4v) is 38.5. The highest BCUT2D eigenvalue weighted by Gasteiger charge is 3.32. The zero-order valence-corrected chi connectivity index (χ0v) is 27.2. The maximum absolute atomic E-state index is 3.16. The van der Waals surface area contributed by atoms with Crippen LogP contribution in [0.25, 0.3) is 0 Å². The van der Waals surface area contributed by atoms with Gasteiger partial charge in [-0.3, -0.25) is 0 Å². The van der Waals surface area contributed by atoms with E-state index in [0.29, 0.717) is 0 Å². The van der Waals surface area contributed by atoms with E-state index in [1.807, 2.05) is 0 Å². The lowest BCUT2D eigenvalue weighted by atomic mass is 8.87. The van der Waals surface area contributed by atoms with Crippen LogP contribution in [0.15, 0.2) is 0 Å². The summed E-state index contributed by atoms with van der Waals surface area (Å²) in [6.07, 6.45) is 6.95. The van der Waals surface area contributed by atoms with Gasteiger partial charge in [-0.25, -0.2) is 0 Å². The summed E-state index contributed by atoms with van der Waals surface area (Å²) >= 11 is 0. The molecule has 24 saturated carbocycles. The Morgan fingerprint density at radius 3 is 1.04 bits per heavy atom. The molecule has 224 valence electrons. The van der Waals surface area contributed by atoms with E-state index in [2.05, 4.69) is 27.7 Å². The van der Waals surface area contributed by atoms with E-state index in [1.165, 1.54) is 142 Å². The van der Waals surface area contributed by atoms with E-state index >= 15 is 0 Å². The van der Waals surface area contributed by atoms with Crippen LogP contribution in [0, 0.1) is 212 Å². The van der Waals surface area contributed by atoms with Crippen molar-refractivity contribution in [1.82, 2.24) is 0 Å². The smallest absolute Gasteiger partial charge is 0.00989 e. The van der Waals surface area contributed by atoms with Crippen molar-refractivity contribution in [2.75, 3.05) is 0 Å². The molecular weight excluding hydrogens is 540 g/mol. The van der Waals surface area contributed by atoms with E-state index in [1.54, 1.807) is 25.7 Å². The number of hydrogen-bond donors (Lipinski definition) is 0. The molecule has 0 aromatic carbocycles. The molecule has 37 atom stereocenters. The Bertz CT molecular complexity index is 2240. The van der Waals surface area contributed by atoms with Crippen molar-refractivity contribution >= 4 is 0 Å². The first-order valence-corrected chi connectivity index (χ1v) is 21.9. The van der Waals surface area contributed by atoms with Crippen molar-refractivity contribution in [3.05, 3.63) is 0 Å². The molecule has 0 N–H and O–H groups in total. The van der Waals surface area contributed by atoms with Gasteiger partial charge < -0.3 is 0 Å². The Labute approximate surface area is 265 Å². The summed E-state index contributed by atoms with van der Waals surface area (Å²) in [4.78, 5) is 0. The van der Waals surface area contributed by atoms with Crippen LogP contribution in [0.5, 0.6) is 0 Å². The predicted octanol–water partition coefficient (Wildman–Crippen LogP) is 6.56. The van der Waals surface area contributed by atoms with Gasteiger partial charge in [0.2, 0.25) is 0 Å². The fourth-order valence-electron chi connectivity index (χ4n) is 38.5. The lowest BCUT2D eigenvalue weighted by molar-refractivity contribution is -0.706. The van der Waals surface area contributed by atoms with Crippen molar-refractivity contribution in [2.24, 2.45) is 212 Å². The summed E-state index contributed by atoms with van der Waals surface area (Å²) in [6, 6.07) is 0. The topological polar surface area (TPSA) is 0 Å². The summed E-state index contributed by atoms with van der Waals surface area (Å²) < 4.78 is 0. The van der Waals surface area contributed by atoms with Crippen LogP contribution < -0.4 is 0 Å². The Balaban J connectivity index is 0.824. The molecule has 0 amide bonds. The molecule has 0 aliphatic heterocycles. The zero-order chi connectivity index (χ0) is 27.2. The standard InChI is InChI=1S/C45H44/c1-33-15-11-5-9-6-12(37(9,11)33)18-24-31-32-30-23-17-14-8-10-7-13-16-19-25-27-21-29-28-20-26-22(15)40(18,33)42(24,26)35(20,3)44(28,31)45(29,32)36(21,4)43(27,30)41(23,25)34(19,2)39(16,17)38(10,13)14/h9-32H,5-8H2,1-4H3. The molecule has 0 heterocycles. The third-order valence-electron chi connectivity index (χ3n) is 33.6. The van der Waals surface area contributed by atoms with Crippen molar-refractivity contribution in [3.8, 4) is 0 Å². The van der Waals surface area contributed by atoms with E-state index < -0.39 is 0 Å². The molecular formula is C45H44. The summed E-state index contributed by atoms with van der Waals surface area (Å²) in [5, 5.41) is 0. The molecule has 45 heavy (non-hydrogen) atoms. The molecule has 24 fully saturated rings. The molecule has 9 spiro atoms. The summed E-state index contributed by atoms with van der Waals surface area (Å²) in [6.45, 7) is 12.5. The number of rotatable bonds is 0. The van der Waals surface area contributed by atoms with Crippen LogP contribution in [0.1, 0.15) is 53.4 Å². The molecule has 0 nitrogen and oxygen atoms in total. The SMILES string of the molecule is CC12C3C4CC5CC(C6C7C8C9C%10C%11C%12C%13CC%14CC%15C%16C%17C%18C%19C%20C%21C%22C%23C%24C3C61C%247C%23(C)C%228C%219C%20(C)C%19%10C%18%11C%17(C)C%16%12C%14%15%13)C542. The van der Waals surface area contributed by atoms with Gasteiger partial charge in [-0.1, -0.05) is 27.7 Å². The van der Waals surface area contributed by atoms with Crippen molar-refractivity contribution < 1.29 is 0 Å². The largest absolute Gasteiger partial charge is 0.0582 e. The molecule has 24 aliphatic rings. The molecule has 0 saturated heterocycles.